The Balaban J connectivity index is 1.44. The number of aliphatic imine (C=N–C) groups is 1. The quantitative estimate of drug-likeness (QED) is 0.547. The second kappa shape index (κ2) is 8.44. The van der Waals surface area contributed by atoms with Crippen LogP contribution in [0.3, 0.4) is 0 Å². The van der Waals surface area contributed by atoms with Crippen molar-refractivity contribution in [1.29, 1.82) is 0 Å². The van der Waals surface area contributed by atoms with Crippen LogP contribution in [0.4, 0.5) is 4.39 Å². The average molecular weight is 422 g/mol. The summed E-state index contributed by atoms with van der Waals surface area (Å²) < 4.78 is 13.4. The molecule has 30 heavy (non-hydrogen) atoms. The number of carbonyl (C=O) groups is 1. The van der Waals surface area contributed by atoms with Crippen LogP contribution in [-0.4, -0.2) is 21.5 Å². The van der Waals surface area contributed by atoms with Crippen molar-refractivity contribution in [2.45, 2.75) is 39.2 Å². The maximum Gasteiger partial charge on any atom is 0.141 e. The van der Waals surface area contributed by atoms with Crippen molar-refractivity contribution in [2.24, 2.45) is 4.99 Å². The van der Waals surface area contributed by atoms with Gasteiger partial charge in [0.15, 0.2) is 0 Å². The van der Waals surface area contributed by atoms with Crippen molar-refractivity contribution in [1.82, 2.24) is 9.97 Å². The highest BCUT2D eigenvalue weighted by atomic mass is 35.5. The standard InChI is InChI=1S/C24H21ClFN3O/c1-14(16-3-4-23(26)22(25)10-16)7-20(30)11-19-9-18-12-29-24(21(18)13-28-19)17-5-6-27-15(2)8-17/h3-6,8-10,13-14H,7,11-12H2,1-2H3/t14-/m0/s1. The van der Waals surface area contributed by atoms with Gasteiger partial charge in [0.25, 0.3) is 0 Å². The van der Waals surface area contributed by atoms with Crippen molar-refractivity contribution in [3.63, 3.8) is 0 Å². The summed E-state index contributed by atoms with van der Waals surface area (Å²) in [4.78, 5) is 26.0. The van der Waals surface area contributed by atoms with Crippen LogP contribution < -0.4 is 0 Å². The molecule has 0 aliphatic carbocycles. The van der Waals surface area contributed by atoms with Crippen LogP contribution in [-0.2, 0) is 17.8 Å². The molecule has 2 aromatic heterocycles. The summed E-state index contributed by atoms with van der Waals surface area (Å²) in [6, 6.07) is 10.5. The molecular weight excluding hydrogens is 401 g/mol. The Kier molecular flexibility index (Phi) is 5.73. The smallest absolute Gasteiger partial charge is 0.141 e. The minimum absolute atomic E-state index is 0.0464. The van der Waals surface area contributed by atoms with E-state index in [0.717, 1.165) is 39.4 Å². The number of nitrogens with zero attached hydrogens (tertiary/aromatic N) is 3. The minimum atomic E-state index is -0.454. The normalized spacial score (nSPS) is 13.7. The Morgan fingerprint density at radius 1 is 1.20 bits per heavy atom. The van der Waals surface area contributed by atoms with Gasteiger partial charge in [-0.25, -0.2) is 4.39 Å². The fraction of sp³-hybridized carbons (Fsp3) is 0.250. The zero-order valence-electron chi connectivity index (χ0n) is 16.8. The molecule has 6 heteroatoms. The maximum absolute atomic E-state index is 13.4. The van der Waals surface area contributed by atoms with E-state index in [0.29, 0.717) is 13.0 Å². The molecule has 0 spiro atoms. The number of ketones is 1. The van der Waals surface area contributed by atoms with Crippen molar-refractivity contribution < 1.29 is 9.18 Å². The first-order valence-corrected chi connectivity index (χ1v) is 10.2. The van der Waals surface area contributed by atoms with Gasteiger partial charge in [-0.1, -0.05) is 24.6 Å². The van der Waals surface area contributed by atoms with Gasteiger partial charge < -0.3 is 0 Å². The summed E-state index contributed by atoms with van der Waals surface area (Å²) in [5.41, 5.74) is 6.56. The molecule has 3 heterocycles. The largest absolute Gasteiger partial charge is 0.299 e. The number of hydrogen-bond donors (Lipinski definition) is 0. The molecule has 0 bridgehead atoms. The number of hydrogen-bond acceptors (Lipinski definition) is 4. The Labute approximate surface area is 179 Å². The van der Waals surface area contributed by atoms with E-state index in [-0.39, 0.29) is 23.1 Å². The van der Waals surface area contributed by atoms with Gasteiger partial charge in [-0.2, -0.15) is 0 Å². The summed E-state index contributed by atoms with van der Waals surface area (Å²) >= 11 is 5.86. The Bertz CT molecular complexity index is 1160. The highest BCUT2D eigenvalue weighted by Gasteiger charge is 2.20. The monoisotopic (exact) mass is 421 g/mol. The van der Waals surface area contributed by atoms with E-state index in [9.17, 15) is 9.18 Å². The van der Waals surface area contributed by atoms with Gasteiger partial charge >= 0.3 is 0 Å². The van der Waals surface area contributed by atoms with Crippen LogP contribution in [0.1, 0.15) is 52.9 Å². The average Bonchev–Trinajstić information content (AvgIpc) is 3.13. The first kappa shape index (κ1) is 20.4. The molecule has 0 amide bonds. The van der Waals surface area contributed by atoms with Crippen LogP contribution in [0.25, 0.3) is 0 Å². The van der Waals surface area contributed by atoms with E-state index in [1.54, 1.807) is 18.3 Å². The number of pyridine rings is 2. The van der Waals surface area contributed by atoms with Gasteiger partial charge in [0.1, 0.15) is 11.6 Å². The molecule has 0 N–H and O–H groups in total. The van der Waals surface area contributed by atoms with Crippen molar-refractivity contribution in [2.75, 3.05) is 0 Å². The first-order valence-electron chi connectivity index (χ1n) is 9.83. The third-order valence-electron chi connectivity index (χ3n) is 5.30. The van der Waals surface area contributed by atoms with Crippen molar-refractivity contribution in [3.8, 4) is 0 Å². The molecule has 4 rings (SSSR count). The van der Waals surface area contributed by atoms with Gasteiger partial charge in [0.05, 0.1) is 17.3 Å². The molecule has 0 saturated heterocycles. The molecule has 0 radical (unpaired) electrons. The van der Waals surface area contributed by atoms with E-state index in [4.69, 9.17) is 11.6 Å². The molecule has 1 aliphatic heterocycles. The zero-order chi connectivity index (χ0) is 21.3. The number of aromatic nitrogens is 2. The van der Waals surface area contributed by atoms with Crippen LogP contribution in [0.2, 0.25) is 5.02 Å². The minimum Gasteiger partial charge on any atom is -0.299 e. The van der Waals surface area contributed by atoms with Gasteiger partial charge in [-0.05, 0) is 54.3 Å². The SMILES string of the molecule is Cc1cc(C2=NCc3cc(CC(=O)C[C@H](C)c4ccc(F)c(Cl)c4)ncc32)ccn1. The molecule has 3 aromatic rings. The number of Topliss-reactive ketones (excluding diaryl/α,β-unsaturated/α-hetero) is 1. The second-order valence-electron chi connectivity index (χ2n) is 7.68. The molecule has 1 aromatic carbocycles. The molecule has 4 nitrogen and oxygen atoms in total. The van der Waals surface area contributed by atoms with Gasteiger partial charge in [-0.3, -0.25) is 19.8 Å². The number of carbonyl (C=O) groups excluding carboxylic acids is 1. The Hall–Kier alpha value is -2.92. The van der Waals surface area contributed by atoms with E-state index in [2.05, 4.69) is 15.0 Å². The van der Waals surface area contributed by atoms with Crippen molar-refractivity contribution in [3.05, 3.63) is 93.3 Å². The molecule has 0 unspecified atom stereocenters. The number of fused-ring (bicyclic) bond motifs is 1. The summed E-state index contributed by atoms with van der Waals surface area (Å²) in [5.74, 6) is -0.418. The van der Waals surface area contributed by atoms with Crippen LogP contribution in [0.15, 0.2) is 53.8 Å². The summed E-state index contributed by atoms with van der Waals surface area (Å²) in [6.45, 7) is 4.47. The molecule has 1 atom stereocenters. The lowest BCUT2D eigenvalue weighted by molar-refractivity contribution is -0.118. The van der Waals surface area contributed by atoms with E-state index in [1.807, 2.05) is 38.2 Å². The fourth-order valence-electron chi connectivity index (χ4n) is 3.73. The fourth-order valence-corrected chi connectivity index (χ4v) is 3.92. The Morgan fingerprint density at radius 2 is 2.03 bits per heavy atom. The second-order valence-corrected chi connectivity index (χ2v) is 8.08. The summed E-state index contributed by atoms with van der Waals surface area (Å²) in [5, 5.41) is 0.0762. The number of halogens is 2. The lowest BCUT2D eigenvalue weighted by atomic mass is 9.94. The first-order chi connectivity index (χ1) is 14.4. The van der Waals surface area contributed by atoms with E-state index < -0.39 is 5.82 Å². The number of benzene rings is 1. The van der Waals surface area contributed by atoms with Crippen LogP contribution in [0.5, 0.6) is 0 Å². The number of aryl methyl sites for hydroxylation is 1. The molecule has 152 valence electrons. The zero-order valence-corrected chi connectivity index (χ0v) is 17.6. The molecule has 1 aliphatic rings. The van der Waals surface area contributed by atoms with E-state index in [1.165, 1.54) is 6.07 Å². The van der Waals surface area contributed by atoms with Crippen LogP contribution >= 0.6 is 11.6 Å². The topological polar surface area (TPSA) is 55.2 Å². The third-order valence-corrected chi connectivity index (χ3v) is 5.59. The number of rotatable bonds is 6. The highest BCUT2D eigenvalue weighted by molar-refractivity contribution is 6.30. The third kappa shape index (κ3) is 4.31. The lowest BCUT2D eigenvalue weighted by Crippen LogP contribution is -2.10. The lowest BCUT2D eigenvalue weighted by Gasteiger charge is -2.12. The maximum atomic E-state index is 13.4. The molecule has 0 fully saturated rings. The van der Waals surface area contributed by atoms with E-state index >= 15 is 0 Å². The Morgan fingerprint density at radius 3 is 2.80 bits per heavy atom. The summed E-state index contributed by atoms with van der Waals surface area (Å²) in [6.07, 6.45) is 4.19. The predicted octanol–water partition coefficient (Wildman–Crippen LogP) is 5.23. The summed E-state index contributed by atoms with van der Waals surface area (Å²) in [7, 11) is 0. The molecular formula is C24H21ClFN3O. The molecule has 0 saturated carbocycles. The van der Waals surface area contributed by atoms with Crippen molar-refractivity contribution >= 4 is 23.1 Å². The highest BCUT2D eigenvalue weighted by Crippen LogP contribution is 2.26. The van der Waals surface area contributed by atoms with Gasteiger partial charge in [0, 0.05) is 47.8 Å². The van der Waals surface area contributed by atoms with Crippen LogP contribution in [0, 0.1) is 12.7 Å². The predicted molar refractivity (Wildman–Crippen MR) is 116 cm³/mol. The van der Waals surface area contributed by atoms with Gasteiger partial charge in [0.2, 0.25) is 0 Å². The van der Waals surface area contributed by atoms with Gasteiger partial charge in [-0.15, -0.1) is 0 Å².